The van der Waals surface area contributed by atoms with E-state index in [1.54, 1.807) is 0 Å². The first-order valence-electron chi connectivity index (χ1n) is 16.0. The normalized spacial score (nSPS) is 13.5. The summed E-state index contributed by atoms with van der Waals surface area (Å²) < 4.78 is 0. The van der Waals surface area contributed by atoms with E-state index in [0.717, 1.165) is 12.8 Å². The SMILES string of the molecule is CC=CCC(C(=O)O)C(CCCCCCCCCCCC)CCCCCCCCCCCCCC. The summed E-state index contributed by atoms with van der Waals surface area (Å²) in [7, 11) is 0. The van der Waals surface area contributed by atoms with Gasteiger partial charge >= 0.3 is 5.97 Å². The highest BCUT2D eigenvalue weighted by molar-refractivity contribution is 5.70. The van der Waals surface area contributed by atoms with Gasteiger partial charge in [0.05, 0.1) is 5.92 Å². The minimum Gasteiger partial charge on any atom is -0.481 e. The molecule has 0 fully saturated rings. The van der Waals surface area contributed by atoms with Gasteiger partial charge in [-0.1, -0.05) is 167 Å². The van der Waals surface area contributed by atoms with E-state index >= 15 is 0 Å². The second-order valence-electron chi connectivity index (χ2n) is 11.2. The zero-order valence-electron chi connectivity index (χ0n) is 24.3. The number of unbranched alkanes of at least 4 members (excludes halogenated alkanes) is 20. The third-order valence-corrected chi connectivity index (χ3v) is 7.87. The van der Waals surface area contributed by atoms with Crippen LogP contribution in [0.1, 0.15) is 181 Å². The van der Waals surface area contributed by atoms with E-state index in [0.29, 0.717) is 12.3 Å². The molecule has 0 radical (unpaired) electrons. The van der Waals surface area contributed by atoms with Crippen molar-refractivity contribution in [2.75, 3.05) is 0 Å². The maximum Gasteiger partial charge on any atom is 0.307 e. The number of carboxylic acid groups (broad SMARTS) is 1. The van der Waals surface area contributed by atoms with Gasteiger partial charge in [0.1, 0.15) is 0 Å². The average Bonchev–Trinajstić information content (AvgIpc) is 2.85. The van der Waals surface area contributed by atoms with Crippen LogP contribution in [-0.4, -0.2) is 11.1 Å². The van der Waals surface area contributed by atoms with Crippen LogP contribution in [0.3, 0.4) is 0 Å². The predicted molar refractivity (Wildman–Crippen MR) is 156 cm³/mol. The molecule has 2 nitrogen and oxygen atoms in total. The van der Waals surface area contributed by atoms with Gasteiger partial charge in [0.25, 0.3) is 0 Å². The van der Waals surface area contributed by atoms with E-state index in [4.69, 9.17) is 0 Å². The molecule has 2 atom stereocenters. The summed E-state index contributed by atoms with van der Waals surface area (Å²) in [4.78, 5) is 12.0. The lowest BCUT2D eigenvalue weighted by Gasteiger charge is -2.23. The monoisotopic (exact) mass is 492 g/mol. The van der Waals surface area contributed by atoms with E-state index in [-0.39, 0.29) is 5.92 Å². The van der Waals surface area contributed by atoms with Gasteiger partial charge in [-0.2, -0.15) is 0 Å². The first kappa shape index (κ1) is 34.2. The summed E-state index contributed by atoms with van der Waals surface area (Å²) >= 11 is 0. The van der Waals surface area contributed by atoms with Gasteiger partial charge in [-0.3, -0.25) is 4.79 Å². The fourth-order valence-electron chi connectivity index (χ4n) is 5.47. The van der Waals surface area contributed by atoms with E-state index in [2.05, 4.69) is 19.9 Å². The lowest BCUT2D eigenvalue weighted by molar-refractivity contribution is -0.143. The second kappa shape index (κ2) is 27.8. The summed E-state index contributed by atoms with van der Waals surface area (Å²) in [5.41, 5.74) is 0. The van der Waals surface area contributed by atoms with Crippen molar-refractivity contribution in [1.29, 1.82) is 0 Å². The Morgan fingerprint density at radius 3 is 1.17 bits per heavy atom. The molecule has 0 aliphatic heterocycles. The zero-order chi connectivity index (χ0) is 25.8. The first-order valence-corrected chi connectivity index (χ1v) is 16.0. The van der Waals surface area contributed by atoms with Crippen molar-refractivity contribution in [3.05, 3.63) is 12.2 Å². The Balaban J connectivity index is 4.08. The van der Waals surface area contributed by atoms with Crippen molar-refractivity contribution in [2.45, 2.75) is 181 Å². The maximum absolute atomic E-state index is 12.0. The number of carbonyl (C=O) groups is 1. The van der Waals surface area contributed by atoms with Crippen LogP contribution >= 0.6 is 0 Å². The summed E-state index contributed by atoms with van der Waals surface area (Å²) in [5, 5.41) is 9.89. The smallest absolute Gasteiger partial charge is 0.307 e. The molecule has 0 amide bonds. The number of allylic oxidation sites excluding steroid dienone is 2. The standard InChI is InChI=1S/C33H64O2/c1-4-7-10-12-14-16-18-19-21-23-25-27-29-31(32(33(34)35)30-9-6-3)28-26-24-22-20-17-15-13-11-8-5-2/h6,9,31-32H,4-5,7-8,10-30H2,1-3H3,(H,34,35). The number of hydrogen-bond acceptors (Lipinski definition) is 1. The predicted octanol–water partition coefficient (Wildman–Crippen LogP) is 11.7. The van der Waals surface area contributed by atoms with Gasteiger partial charge in [0, 0.05) is 0 Å². The Morgan fingerprint density at radius 1 is 0.571 bits per heavy atom. The molecule has 0 aliphatic carbocycles. The van der Waals surface area contributed by atoms with Crippen LogP contribution in [-0.2, 0) is 4.79 Å². The summed E-state index contributed by atoms with van der Waals surface area (Å²) in [6.07, 6.45) is 36.8. The zero-order valence-corrected chi connectivity index (χ0v) is 24.3. The van der Waals surface area contributed by atoms with Crippen molar-refractivity contribution < 1.29 is 9.90 Å². The lowest BCUT2D eigenvalue weighted by atomic mass is 9.81. The molecule has 0 heterocycles. The van der Waals surface area contributed by atoms with Crippen molar-refractivity contribution in [3.8, 4) is 0 Å². The molecule has 0 bridgehead atoms. The Morgan fingerprint density at radius 2 is 0.886 bits per heavy atom. The molecule has 0 spiro atoms. The van der Waals surface area contributed by atoms with Crippen LogP contribution in [0.15, 0.2) is 12.2 Å². The van der Waals surface area contributed by atoms with Gasteiger partial charge < -0.3 is 5.11 Å². The molecule has 208 valence electrons. The minimum atomic E-state index is -0.584. The third kappa shape index (κ3) is 23.4. The Hall–Kier alpha value is -0.790. The van der Waals surface area contributed by atoms with Crippen LogP contribution in [0.2, 0.25) is 0 Å². The molecule has 0 saturated carbocycles. The van der Waals surface area contributed by atoms with E-state index in [9.17, 15) is 9.90 Å². The molecule has 35 heavy (non-hydrogen) atoms. The quantitative estimate of drug-likeness (QED) is 0.0870. The molecule has 2 heteroatoms. The molecular formula is C33H64O2. The molecule has 0 saturated heterocycles. The summed E-state index contributed by atoms with van der Waals surface area (Å²) in [6.45, 7) is 6.56. The molecule has 2 unspecified atom stereocenters. The summed E-state index contributed by atoms with van der Waals surface area (Å²) in [6, 6.07) is 0. The minimum absolute atomic E-state index is 0.197. The number of carboxylic acids is 1. The van der Waals surface area contributed by atoms with Crippen LogP contribution < -0.4 is 0 Å². The molecule has 0 aromatic carbocycles. The largest absolute Gasteiger partial charge is 0.481 e. The van der Waals surface area contributed by atoms with Crippen LogP contribution in [0, 0.1) is 11.8 Å². The number of hydrogen-bond donors (Lipinski definition) is 1. The van der Waals surface area contributed by atoms with E-state index < -0.39 is 5.97 Å². The fourth-order valence-corrected chi connectivity index (χ4v) is 5.47. The van der Waals surface area contributed by atoms with Gasteiger partial charge in [-0.25, -0.2) is 0 Å². The molecular weight excluding hydrogens is 428 g/mol. The topological polar surface area (TPSA) is 37.3 Å². The first-order chi connectivity index (χ1) is 17.2. The maximum atomic E-state index is 12.0. The highest BCUT2D eigenvalue weighted by atomic mass is 16.4. The van der Waals surface area contributed by atoms with Gasteiger partial charge in [0.2, 0.25) is 0 Å². The highest BCUT2D eigenvalue weighted by Gasteiger charge is 2.26. The van der Waals surface area contributed by atoms with Crippen molar-refractivity contribution in [1.82, 2.24) is 0 Å². The molecule has 1 N–H and O–H groups in total. The fraction of sp³-hybridized carbons (Fsp3) is 0.909. The Bertz CT molecular complexity index is 456. The highest BCUT2D eigenvalue weighted by Crippen LogP contribution is 2.29. The lowest BCUT2D eigenvalue weighted by Crippen LogP contribution is -2.23. The summed E-state index contributed by atoms with van der Waals surface area (Å²) in [5.74, 6) is -0.433. The second-order valence-corrected chi connectivity index (χ2v) is 11.2. The Labute approximate surface area is 221 Å². The number of rotatable bonds is 28. The van der Waals surface area contributed by atoms with Gasteiger partial charge in [0.15, 0.2) is 0 Å². The Kier molecular flexibility index (Phi) is 27.2. The number of aliphatic carboxylic acids is 1. The molecule has 0 aromatic rings. The molecule has 0 rings (SSSR count). The van der Waals surface area contributed by atoms with Crippen molar-refractivity contribution >= 4 is 5.97 Å². The van der Waals surface area contributed by atoms with Crippen molar-refractivity contribution in [2.24, 2.45) is 11.8 Å². The van der Waals surface area contributed by atoms with E-state index in [1.165, 1.54) is 141 Å². The van der Waals surface area contributed by atoms with Crippen LogP contribution in [0.25, 0.3) is 0 Å². The van der Waals surface area contributed by atoms with Crippen LogP contribution in [0.4, 0.5) is 0 Å². The average molecular weight is 493 g/mol. The van der Waals surface area contributed by atoms with Crippen molar-refractivity contribution in [3.63, 3.8) is 0 Å². The molecule has 0 aromatic heterocycles. The van der Waals surface area contributed by atoms with Gasteiger partial charge in [-0.05, 0) is 32.1 Å². The third-order valence-electron chi connectivity index (χ3n) is 7.87. The van der Waals surface area contributed by atoms with Crippen LogP contribution in [0.5, 0.6) is 0 Å². The van der Waals surface area contributed by atoms with Gasteiger partial charge in [-0.15, -0.1) is 0 Å². The molecule has 0 aliphatic rings. The van der Waals surface area contributed by atoms with E-state index in [1.807, 2.05) is 13.0 Å².